The SMILES string of the molecule is CCNC(=NCc1ccnc(N(C)C)c1)NCC(c1cccc(OC)c1)N1CCCC1. The Balaban J connectivity index is 1.72. The van der Waals surface area contributed by atoms with Gasteiger partial charge in [-0.3, -0.25) is 4.90 Å². The van der Waals surface area contributed by atoms with Gasteiger partial charge in [0.25, 0.3) is 0 Å². The predicted octanol–water partition coefficient (Wildman–Crippen LogP) is 3.05. The maximum absolute atomic E-state index is 5.46. The average molecular weight is 425 g/mol. The Morgan fingerprint density at radius 2 is 2.00 bits per heavy atom. The van der Waals surface area contributed by atoms with Crippen LogP contribution in [0.2, 0.25) is 0 Å². The van der Waals surface area contributed by atoms with Gasteiger partial charge in [-0.1, -0.05) is 12.1 Å². The number of nitrogens with zero attached hydrogens (tertiary/aromatic N) is 4. The molecule has 1 saturated heterocycles. The van der Waals surface area contributed by atoms with Crippen LogP contribution >= 0.6 is 0 Å². The van der Waals surface area contributed by atoms with E-state index in [0.29, 0.717) is 6.54 Å². The molecule has 1 aliphatic rings. The van der Waals surface area contributed by atoms with Gasteiger partial charge in [-0.25, -0.2) is 9.98 Å². The highest BCUT2D eigenvalue weighted by Crippen LogP contribution is 2.27. The summed E-state index contributed by atoms with van der Waals surface area (Å²) in [5.74, 6) is 2.67. The van der Waals surface area contributed by atoms with E-state index in [4.69, 9.17) is 9.73 Å². The van der Waals surface area contributed by atoms with Crippen LogP contribution in [0.3, 0.4) is 0 Å². The van der Waals surface area contributed by atoms with Gasteiger partial charge in [0.15, 0.2) is 5.96 Å². The molecule has 7 heteroatoms. The molecular formula is C24H36N6O. The van der Waals surface area contributed by atoms with Gasteiger partial charge in [0.05, 0.1) is 19.7 Å². The molecule has 0 bridgehead atoms. The molecule has 1 aromatic carbocycles. The van der Waals surface area contributed by atoms with Gasteiger partial charge in [-0.05, 0) is 68.2 Å². The Morgan fingerprint density at radius 3 is 2.71 bits per heavy atom. The van der Waals surface area contributed by atoms with E-state index in [1.54, 1.807) is 7.11 Å². The topological polar surface area (TPSA) is 65.0 Å². The maximum Gasteiger partial charge on any atom is 0.191 e. The summed E-state index contributed by atoms with van der Waals surface area (Å²) < 4.78 is 5.46. The van der Waals surface area contributed by atoms with E-state index in [9.17, 15) is 0 Å². The van der Waals surface area contributed by atoms with Gasteiger partial charge in [0.2, 0.25) is 0 Å². The van der Waals surface area contributed by atoms with Gasteiger partial charge >= 0.3 is 0 Å². The van der Waals surface area contributed by atoms with Crippen molar-refractivity contribution in [3.05, 3.63) is 53.7 Å². The summed E-state index contributed by atoms with van der Waals surface area (Å²) in [6, 6.07) is 12.8. The number of nitrogens with one attached hydrogen (secondary N) is 2. The van der Waals surface area contributed by atoms with Crippen molar-refractivity contribution in [2.24, 2.45) is 4.99 Å². The number of guanidine groups is 1. The van der Waals surface area contributed by atoms with Crippen LogP contribution in [0.1, 0.15) is 36.9 Å². The first-order chi connectivity index (χ1) is 15.1. The smallest absolute Gasteiger partial charge is 0.191 e. The van der Waals surface area contributed by atoms with Crippen LogP contribution in [0.25, 0.3) is 0 Å². The number of hydrogen-bond acceptors (Lipinski definition) is 5. The molecule has 7 nitrogen and oxygen atoms in total. The fourth-order valence-electron chi connectivity index (χ4n) is 3.87. The molecule has 1 aliphatic heterocycles. The zero-order valence-corrected chi connectivity index (χ0v) is 19.3. The summed E-state index contributed by atoms with van der Waals surface area (Å²) >= 11 is 0. The number of benzene rings is 1. The number of hydrogen-bond donors (Lipinski definition) is 2. The van der Waals surface area contributed by atoms with Gasteiger partial charge in [-0.2, -0.15) is 0 Å². The third-order valence-electron chi connectivity index (χ3n) is 5.55. The maximum atomic E-state index is 5.46. The quantitative estimate of drug-likeness (QED) is 0.477. The van der Waals surface area contributed by atoms with Crippen LogP contribution in [-0.4, -0.2) is 63.2 Å². The van der Waals surface area contributed by atoms with Gasteiger partial charge in [0, 0.05) is 33.4 Å². The Morgan fingerprint density at radius 1 is 1.19 bits per heavy atom. The minimum atomic E-state index is 0.280. The van der Waals surface area contributed by atoms with Gasteiger partial charge in [0.1, 0.15) is 11.6 Å². The Hall–Kier alpha value is -2.80. The first-order valence-electron chi connectivity index (χ1n) is 11.1. The van der Waals surface area contributed by atoms with Crippen molar-refractivity contribution in [3.63, 3.8) is 0 Å². The molecular weight excluding hydrogens is 388 g/mol. The Labute approximate surface area is 186 Å². The average Bonchev–Trinajstić information content (AvgIpc) is 3.32. The molecule has 0 spiro atoms. The summed E-state index contributed by atoms with van der Waals surface area (Å²) in [4.78, 5) is 13.8. The van der Waals surface area contributed by atoms with E-state index < -0.39 is 0 Å². The molecule has 168 valence electrons. The second-order valence-corrected chi connectivity index (χ2v) is 8.03. The van der Waals surface area contributed by atoms with E-state index in [2.05, 4.69) is 51.7 Å². The second-order valence-electron chi connectivity index (χ2n) is 8.03. The fraction of sp³-hybridized carbons (Fsp3) is 0.500. The van der Waals surface area contributed by atoms with Crippen molar-refractivity contribution in [1.29, 1.82) is 0 Å². The third kappa shape index (κ3) is 6.59. The van der Waals surface area contributed by atoms with Crippen LogP contribution in [0.4, 0.5) is 5.82 Å². The van der Waals surface area contributed by atoms with Gasteiger partial charge in [-0.15, -0.1) is 0 Å². The molecule has 2 aromatic rings. The first-order valence-corrected chi connectivity index (χ1v) is 11.1. The molecule has 31 heavy (non-hydrogen) atoms. The number of methoxy groups -OCH3 is 1. The van der Waals surface area contributed by atoms with Crippen molar-refractivity contribution >= 4 is 11.8 Å². The van der Waals surface area contributed by atoms with Crippen molar-refractivity contribution in [1.82, 2.24) is 20.5 Å². The van der Waals surface area contributed by atoms with Crippen LogP contribution in [0.15, 0.2) is 47.6 Å². The van der Waals surface area contributed by atoms with E-state index in [1.165, 1.54) is 18.4 Å². The molecule has 2 N–H and O–H groups in total. The van der Waals surface area contributed by atoms with E-state index in [0.717, 1.165) is 49.3 Å². The largest absolute Gasteiger partial charge is 0.497 e. The molecule has 0 aliphatic carbocycles. The summed E-state index contributed by atoms with van der Waals surface area (Å²) in [6.07, 6.45) is 4.35. The summed E-state index contributed by atoms with van der Waals surface area (Å²) in [6.45, 7) is 6.56. The first kappa shape index (κ1) is 22.9. The number of aliphatic imine (C=N–C) groups is 1. The third-order valence-corrected chi connectivity index (χ3v) is 5.55. The minimum absolute atomic E-state index is 0.280. The van der Waals surface area contributed by atoms with Gasteiger partial charge < -0.3 is 20.3 Å². The standard InChI is InChI=1S/C24H36N6O/c1-5-25-24(27-17-19-11-12-26-23(15-19)29(2)3)28-18-22(30-13-6-7-14-30)20-9-8-10-21(16-20)31-4/h8-12,15-16,22H,5-7,13-14,17-18H2,1-4H3,(H2,25,27,28). The zero-order chi connectivity index (χ0) is 22.1. The van der Waals surface area contributed by atoms with Crippen LogP contribution < -0.4 is 20.3 Å². The van der Waals surface area contributed by atoms with Crippen molar-refractivity contribution in [2.45, 2.75) is 32.4 Å². The zero-order valence-electron chi connectivity index (χ0n) is 19.3. The van der Waals surface area contributed by atoms with E-state index >= 15 is 0 Å². The Kier molecular flexibility index (Phi) is 8.53. The summed E-state index contributed by atoms with van der Waals surface area (Å²) in [7, 11) is 5.72. The lowest BCUT2D eigenvalue weighted by Crippen LogP contribution is -2.42. The number of anilines is 1. The highest BCUT2D eigenvalue weighted by atomic mass is 16.5. The molecule has 1 aromatic heterocycles. The predicted molar refractivity (Wildman–Crippen MR) is 128 cm³/mol. The number of pyridine rings is 1. The summed E-state index contributed by atoms with van der Waals surface area (Å²) in [5.41, 5.74) is 2.41. The lowest BCUT2D eigenvalue weighted by Gasteiger charge is -2.29. The monoisotopic (exact) mass is 424 g/mol. The lowest BCUT2D eigenvalue weighted by molar-refractivity contribution is 0.245. The fourth-order valence-corrected chi connectivity index (χ4v) is 3.87. The highest BCUT2D eigenvalue weighted by Gasteiger charge is 2.24. The van der Waals surface area contributed by atoms with Crippen molar-refractivity contribution in [2.75, 3.05) is 52.3 Å². The molecule has 1 unspecified atom stereocenters. The van der Waals surface area contributed by atoms with Crippen LogP contribution in [-0.2, 0) is 6.54 Å². The number of ether oxygens (including phenoxy) is 1. The van der Waals surface area contributed by atoms with E-state index in [-0.39, 0.29) is 6.04 Å². The normalized spacial score (nSPS) is 15.5. The van der Waals surface area contributed by atoms with E-state index in [1.807, 2.05) is 37.3 Å². The minimum Gasteiger partial charge on any atom is -0.497 e. The molecule has 3 rings (SSSR count). The molecule has 1 fully saturated rings. The number of aromatic nitrogens is 1. The molecule has 0 radical (unpaired) electrons. The second kappa shape index (κ2) is 11.6. The number of rotatable bonds is 9. The molecule has 2 heterocycles. The molecule has 0 amide bonds. The van der Waals surface area contributed by atoms with Crippen molar-refractivity contribution < 1.29 is 4.74 Å². The summed E-state index contributed by atoms with van der Waals surface area (Å²) in [5, 5.41) is 6.95. The highest BCUT2D eigenvalue weighted by molar-refractivity contribution is 5.79. The lowest BCUT2D eigenvalue weighted by atomic mass is 10.1. The van der Waals surface area contributed by atoms with Crippen molar-refractivity contribution in [3.8, 4) is 5.75 Å². The molecule has 1 atom stereocenters. The van der Waals surface area contributed by atoms with Crippen LogP contribution in [0.5, 0.6) is 5.75 Å². The molecule has 0 saturated carbocycles. The van der Waals surface area contributed by atoms with Crippen LogP contribution in [0, 0.1) is 0 Å². The number of likely N-dealkylation sites (tertiary alicyclic amines) is 1. The Bertz CT molecular complexity index is 847.